The summed E-state index contributed by atoms with van der Waals surface area (Å²) in [5, 5.41) is 5.34. The van der Waals surface area contributed by atoms with E-state index in [1.807, 2.05) is 41.9 Å². The van der Waals surface area contributed by atoms with E-state index >= 15 is 0 Å². The average Bonchev–Trinajstić information content (AvgIpc) is 2.47. The maximum Gasteiger partial charge on any atom is 0.237 e. The van der Waals surface area contributed by atoms with E-state index < -0.39 is 0 Å². The fraction of sp³-hybridized carbons (Fsp3) is 0.111. The second-order valence-corrected chi connectivity index (χ2v) is 4.46. The van der Waals surface area contributed by atoms with Gasteiger partial charge in [-0.3, -0.25) is 11.3 Å². The van der Waals surface area contributed by atoms with Gasteiger partial charge in [0.05, 0.1) is 0 Å². The van der Waals surface area contributed by atoms with Crippen LogP contribution in [0.4, 0.5) is 0 Å². The molecule has 0 radical (unpaired) electrons. The number of rotatable bonds is 1. The third-order valence-corrected chi connectivity index (χ3v) is 2.77. The molecule has 2 nitrogen and oxygen atoms in total. The summed E-state index contributed by atoms with van der Waals surface area (Å²) in [5.74, 6) is 0. The molecule has 0 aliphatic heterocycles. The van der Waals surface area contributed by atoms with Crippen LogP contribution in [0.3, 0.4) is 0 Å². The number of hydrogen-bond donors (Lipinski definition) is 0. The summed E-state index contributed by atoms with van der Waals surface area (Å²) in [7, 11) is 0. The molecule has 0 unspecified atom stereocenters. The molecule has 2 aromatic rings. The van der Waals surface area contributed by atoms with Crippen LogP contribution in [0, 0.1) is 6.92 Å². The molecule has 0 amide bonds. The Morgan fingerprint density at radius 1 is 1.31 bits per heavy atom. The second-order valence-electron chi connectivity index (χ2n) is 2.63. The fourth-order valence-electron chi connectivity index (χ4n) is 1.15. The van der Waals surface area contributed by atoms with Gasteiger partial charge < -0.3 is 12.6 Å². The zero-order chi connectivity index (χ0) is 9.26. The van der Waals surface area contributed by atoms with E-state index in [0.29, 0.717) is 4.34 Å². The topological polar surface area (TPSA) is 16.8 Å². The Kier molecular flexibility index (Phi) is 2.24. The summed E-state index contributed by atoms with van der Waals surface area (Å²) in [6, 6.07) is 10.00. The van der Waals surface area contributed by atoms with Crippen molar-refractivity contribution in [1.82, 2.24) is 5.10 Å². The van der Waals surface area contributed by atoms with Gasteiger partial charge in [0.2, 0.25) is 5.69 Å². The minimum Gasteiger partial charge on any atom is -0.402 e. The van der Waals surface area contributed by atoms with Crippen molar-refractivity contribution < 1.29 is 4.68 Å². The van der Waals surface area contributed by atoms with Crippen molar-refractivity contribution in [3.05, 3.63) is 35.3 Å². The van der Waals surface area contributed by atoms with Crippen molar-refractivity contribution in [2.75, 3.05) is 0 Å². The van der Waals surface area contributed by atoms with Crippen LogP contribution in [0.5, 0.6) is 0 Å². The number of aromatic nitrogens is 2. The Labute approximate surface area is 86.3 Å². The van der Waals surface area contributed by atoms with Crippen LogP contribution in [-0.2, 0) is 12.6 Å². The Balaban J connectivity index is 2.53. The van der Waals surface area contributed by atoms with Crippen LogP contribution in [0.2, 0.25) is 0 Å². The van der Waals surface area contributed by atoms with Gasteiger partial charge in [-0.25, -0.2) is 0 Å². The Hall–Kier alpha value is -1.00. The SMILES string of the molecule is Cc1sc([S-])n[n+]1-c1ccccc1. The molecular weight excluding hydrogens is 200 g/mol. The van der Waals surface area contributed by atoms with E-state index in [2.05, 4.69) is 5.10 Å². The highest BCUT2D eigenvalue weighted by Crippen LogP contribution is 2.08. The highest BCUT2D eigenvalue weighted by atomic mass is 32.2. The summed E-state index contributed by atoms with van der Waals surface area (Å²) >= 11 is 6.54. The van der Waals surface area contributed by atoms with E-state index in [1.165, 1.54) is 11.3 Å². The monoisotopic (exact) mass is 208 g/mol. The van der Waals surface area contributed by atoms with Crippen LogP contribution >= 0.6 is 11.3 Å². The number of benzene rings is 1. The molecule has 2 rings (SSSR count). The number of aryl methyl sites for hydroxylation is 1. The van der Waals surface area contributed by atoms with Crippen molar-refractivity contribution in [1.29, 1.82) is 0 Å². The van der Waals surface area contributed by atoms with Gasteiger partial charge in [-0.05, 0) is 5.10 Å². The Bertz CT molecular complexity index is 409. The van der Waals surface area contributed by atoms with E-state index in [1.54, 1.807) is 0 Å². The molecule has 1 aromatic carbocycles. The first kappa shape index (κ1) is 8.59. The van der Waals surface area contributed by atoms with Crippen molar-refractivity contribution in [3.8, 4) is 5.69 Å². The molecule has 1 aromatic heterocycles. The molecule has 0 saturated heterocycles. The summed E-state index contributed by atoms with van der Waals surface area (Å²) in [6.45, 7) is 2.01. The van der Waals surface area contributed by atoms with Gasteiger partial charge in [-0.2, -0.15) is 0 Å². The minimum absolute atomic E-state index is 0.682. The van der Waals surface area contributed by atoms with Gasteiger partial charge in [0, 0.05) is 23.4 Å². The van der Waals surface area contributed by atoms with E-state index in [0.717, 1.165) is 10.7 Å². The lowest BCUT2D eigenvalue weighted by Crippen LogP contribution is -2.34. The first-order valence-corrected chi connectivity index (χ1v) is 5.12. The Morgan fingerprint density at radius 2 is 2.00 bits per heavy atom. The molecule has 1 heterocycles. The largest absolute Gasteiger partial charge is 0.402 e. The maximum absolute atomic E-state index is 5.01. The van der Waals surface area contributed by atoms with Gasteiger partial charge in [-0.15, -0.1) is 0 Å². The van der Waals surface area contributed by atoms with Crippen molar-refractivity contribution in [3.63, 3.8) is 0 Å². The highest BCUT2D eigenvalue weighted by molar-refractivity contribution is 7.62. The summed E-state index contributed by atoms with van der Waals surface area (Å²) < 4.78 is 2.55. The highest BCUT2D eigenvalue weighted by Gasteiger charge is 2.09. The zero-order valence-corrected chi connectivity index (χ0v) is 8.73. The zero-order valence-electron chi connectivity index (χ0n) is 7.10. The predicted octanol–water partition coefficient (Wildman–Crippen LogP) is 1.63. The van der Waals surface area contributed by atoms with Crippen molar-refractivity contribution >= 4 is 24.0 Å². The summed E-state index contributed by atoms with van der Waals surface area (Å²) in [4.78, 5) is 0. The van der Waals surface area contributed by atoms with Crippen LogP contribution in [-0.4, -0.2) is 5.10 Å². The lowest BCUT2D eigenvalue weighted by atomic mass is 10.3. The quantitative estimate of drug-likeness (QED) is 0.523. The van der Waals surface area contributed by atoms with Gasteiger partial charge >= 0.3 is 0 Å². The molecule has 0 bridgehead atoms. The standard InChI is InChI=1S/C9H8N2S2/c1-7-11(10-9(12)13-7)8-5-3-2-4-6-8/h2-6H,1H3. The summed E-state index contributed by atoms with van der Waals surface area (Å²) in [6.07, 6.45) is 0. The average molecular weight is 208 g/mol. The third-order valence-electron chi connectivity index (χ3n) is 1.72. The number of para-hydroxylation sites is 1. The molecule has 0 aliphatic rings. The van der Waals surface area contributed by atoms with Crippen molar-refractivity contribution in [2.24, 2.45) is 0 Å². The molecule has 4 heteroatoms. The van der Waals surface area contributed by atoms with E-state index in [4.69, 9.17) is 12.6 Å². The smallest absolute Gasteiger partial charge is 0.237 e. The van der Waals surface area contributed by atoms with Crippen LogP contribution in [0.1, 0.15) is 5.01 Å². The first-order valence-electron chi connectivity index (χ1n) is 3.89. The Morgan fingerprint density at radius 3 is 2.54 bits per heavy atom. The third kappa shape index (κ3) is 1.68. The first-order chi connectivity index (χ1) is 6.27. The normalized spacial score (nSPS) is 10.2. The molecule has 0 fully saturated rings. The maximum atomic E-state index is 5.01. The predicted molar refractivity (Wildman–Crippen MR) is 54.0 cm³/mol. The number of nitrogens with zero attached hydrogens (tertiary/aromatic N) is 2. The van der Waals surface area contributed by atoms with Gasteiger partial charge in [0.25, 0.3) is 0 Å². The lowest BCUT2D eigenvalue weighted by Gasteiger charge is -1.90. The molecule has 0 aliphatic carbocycles. The van der Waals surface area contributed by atoms with E-state index in [9.17, 15) is 0 Å². The molecule has 0 spiro atoms. The van der Waals surface area contributed by atoms with Crippen molar-refractivity contribution in [2.45, 2.75) is 11.3 Å². The van der Waals surface area contributed by atoms with Crippen LogP contribution in [0.25, 0.3) is 5.69 Å². The molecule has 66 valence electrons. The minimum atomic E-state index is 0.682. The molecule has 13 heavy (non-hydrogen) atoms. The molecular formula is C9H8N2S2. The molecule has 0 N–H and O–H groups in total. The summed E-state index contributed by atoms with van der Waals surface area (Å²) in [5.41, 5.74) is 1.06. The van der Waals surface area contributed by atoms with Gasteiger partial charge in [-0.1, -0.05) is 22.9 Å². The second kappa shape index (κ2) is 3.40. The van der Waals surface area contributed by atoms with Gasteiger partial charge in [0.15, 0.2) is 5.01 Å². The molecule has 0 atom stereocenters. The van der Waals surface area contributed by atoms with E-state index in [-0.39, 0.29) is 0 Å². The fourth-order valence-corrected chi connectivity index (χ4v) is 2.20. The van der Waals surface area contributed by atoms with Crippen LogP contribution in [0.15, 0.2) is 34.7 Å². The molecule has 0 saturated carbocycles. The van der Waals surface area contributed by atoms with Gasteiger partial charge in [0.1, 0.15) is 0 Å². The number of hydrogen-bond acceptors (Lipinski definition) is 3. The van der Waals surface area contributed by atoms with Crippen LogP contribution < -0.4 is 4.68 Å². The lowest BCUT2D eigenvalue weighted by molar-refractivity contribution is -0.662.